The molecule has 3 nitrogen and oxygen atoms in total. The molecule has 0 aromatic carbocycles. The first-order valence-corrected chi connectivity index (χ1v) is 5.34. The van der Waals surface area contributed by atoms with Crippen LogP contribution in [0.3, 0.4) is 0 Å². The van der Waals surface area contributed by atoms with Gasteiger partial charge >= 0.3 is 0 Å². The third-order valence-corrected chi connectivity index (χ3v) is 2.79. The number of imidazole rings is 1. The summed E-state index contributed by atoms with van der Waals surface area (Å²) in [5, 5.41) is 0.677. The van der Waals surface area contributed by atoms with E-state index < -0.39 is 0 Å². The second-order valence-corrected chi connectivity index (χ2v) is 4.29. The van der Waals surface area contributed by atoms with E-state index in [1.807, 2.05) is 36.6 Å². The number of hydrogen-bond donors (Lipinski definition) is 1. The zero-order valence-corrected chi connectivity index (χ0v) is 9.62. The van der Waals surface area contributed by atoms with Crippen LogP contribution in [0.1, 0.15) is 18.2 Å². The van der Waals surface area contributed by atoms with Gasteiger partial charge in [-0.25, -0.2) is 4.98 Å². The minimum Gasteiger partial charge on any atom is -0.328 e. The van der Waals surface area contributed by atoms with Crippen molar-refractivity contribution in [3.05, 3.63) is 34.7 Å². The Morgan fingerprint density at radius 3 is 2.93 bits per heavy atom. The summed E-state index contributed by atoms with van der Waals surface area (Å²) < 4.78 is 1.90. The van der Waals surface area contributed by atoms with Crippen LogP contribution in [0.4, 0.5) is 0 Å². The van der Waals surface area contributed by atoms with Crippen LogP contribution in [0.2, 0.25) is 5.15 Å². The van der Waals surface area contributed by atoms with E-state index in [4.69, 9.17) is 17.3 Å². The number of aromatic nitrogens is 2. The molecule has 1 atom stereocenters. The Balaban J connectivity index is 2.49. The van der Waals surface area contributed by atoms with E-state index in [0.29, 0.717) is 5.15 Å². The quantitative estimate of drug-likeness (QED) is 0.848. The Hall–Kier alpha value is -1.06. The molecule has 0 amide bonds. The molecule has 4 heteroatoms. The highest BCUT2D eigenvalue weighted by Crippen LogP contribution is 2.18. The molecule has 0 aliphatic rings. The lowest BCUT2D eigenvalue weighted by atomic mass is 10.1. The molecule has 80 valence electrons. The van der Waals surface area contributed by atoms with Gasteiger partial charge in [0.2, 0.25) is 0 Å². The predicted molar refractivity (Wildman–Crippen MR) is 62.3 cm³/mol. The second-order valence-electron chi connectivity index (χ2n) is 3.93. The molecule has 0 aliphatic carbocycles. The van der Waals surface area contributed by atoms with Gasteiger partial charge < -0.3 is 5.73 Å². The maximum atomic E-state index is 6.12. The fourth-order valence-electron chi connectivity index (χ4n) is 1.67. The van der Waals surface area contributed by atoms with E-state index in [1.165, 1.54) is 5.56 Å². The van der Waals surface area contributed by atoms with Gasteiger partial charge in [-0.3, -0.25) is 4.40 Å². The number of fused-ring (bicyclic) bond motifs is 1. The summed E-state index contributed by atoms with van der Waals surface area (Å²) >= 11 is 6.12. The summed E-state index contributed by atoms with van der Waals surface area (Å²) in [6, 6.07) is 4.17. The standard InChI is InChI=1S/C11H14ClN3/c1-7(13)5-9-3-4-10-14-8(2)11(12)15(10)6-9/h3-4,6-7H,5,13H2,1-2H3. The Kier molecular flexibility index (Phi) is 2.67. The number of nitrogens with two attached hydrogens (primary N) is 1. The molecule has 2 aromatic rings. The zero-order chi connectivity index (χ0) is 11.0. The molecule has 0 saturated carbocycles. The normalized spacial score (nSPS) is 13.3. The summed E-state index contributed by atoms with van der Waals surface area (Å²) in [5.74, 6) is 0. The van der Waals surface area contributed by atoms with E-state index in [0.717, 1.165) is 17.8 Å². The Morgan fingerprint density at radius 1 is 1.53 bits per heavy atom. The van der Waals surface area contributed by atoms with Gasteiger partial charge in [0.05, 0.1) is 5.69 Å². The molecule has 1 unspecified atom stereocenters. The second kappa shape index (κ2) is 3.83. The molecule has 2 N–H and O–H groups in total. The monoisotopic (exact) mass is 223 g/mol. The van der Waals surface area contributed by atoms with E-state index in [-0.39, 0.29) is 6.04 Å². The summed E-state index contributed by atoms with van der Waals surface area (Å²) in [6.07, 6.45) is 2.85. The lowest BCUT2D eigenvalue weighted by Gasteiger charge is -2.05. The third kappa shape index (κ3) is 1.98. The van der Waals surface area contributed by atoms with Gasteiger partial charge in [0.15, 0.2) is 0 Å². The highest BCUT2D eigenvalue weighted by Gasteiger charge is 2.06. The van der Waals surface area contributed by atoms with Crippen molar-refractivity contribution in [3.8, 4) is 0 Å². The molecule has 15 heavy (non-hydrogen) atoms. The first-order chi connectivity index (χ1) is 7.08. The molecule has 0 fully saturated rings. The molecule has 0 radical (unpaired) electrons. The van der Waals surface area contributed by atoms with Crippen LogP contribution in [-0.2, 0) is 6.42 Å². The molecule has 2 rings (SSSR count). The largest absolute Gasteiger partial charge is 0.328 e. The van der Waals surface area contributed by atoms with Gasteiger partial charge in [-0.15, -0.1) is 0 Å². The first kappa shape index (κ1) is 10.5. The van der Waals surface area contributed by atoms with Crippen molar-refractivity contribution in [2.75, 3.05) is 0 Å². The van der Waals surface area contributed by atoms with E-state index >= 15 is 0 Å². The number of halogens is 1. The van der Waals surface area contributed by atoms with Crippen molar-refractivity contribution in [1.82, 2.24) is 9.38 Å². The molecule has 0 bridgehead atoms. The van der Waals surface area contributed by atoms with Gasteiger partial charge in [0, 0.05) is 12.2 Å². The van der Waals surface area contributed by atoms with Gasteiger partial charge in [-0.1, -0.05) is 17.7 Å². The summed E-state index contributed by atoms with van der Waals surface area (Å²) in [7, 11) is 0. The smallest absolute Gasteiger partial charge is 0.138 e. The number of hydrogen-bond acceptors (Lipinski definition) is 2. The van der Waals surface area contributed by atoms with Crippen LogP contribution in [-0.4, -0.2) is 15.4 Å². The lowest BCUT2D eigenvalue weighted by molar-refractivity contribution is 0.734. The van der Waals surface area contributed by atoms with Crippen molar-refractivity contribution in [3.63, 3.8) is 0 Å². The van der Waals surface area contributed by atoms with Crippen LogP contribution in [0.25, 0.3) is 5.65 Å². The highest BCUT2D eigenvalue weighted by atomic mass is 35.5. The van der Waals surface area contributed by atoms with E-state index in [2.05, 4.69) is 4.98 Å². The average molecular weight is 224 g/mol. The van der Waals surface area contributed by atoms with Crippen LogP contribution in [0.15, 0.2) is 18.3 Å². The Morgan fingerprint density at radius 2 is 2.27 bits per heavy atom. The maximum Gasteiger partial charge on any atom is 0.138 e. The van der Waals surface area contributed by atoms with Crippen LogP contribution < -0.4 is 5.73 Å². The molecule has 0 saturated heterocycles. The third-order valence-electron chi connectivity index (χ3n) is 2.34. The summed E-state index contributed by atoms with van der Waals surface area (Å²) in [6.45, 7) is 3.89. The van der Waals surface area contributed by atoms with E-state index in [1.54, 1.807) is 0 Å². The predicted octanol–water partition coefficient (Wildman–Crippen LogP) is 2.19. The van der Waals surface area contributed by atoms with Crippen LogP contribution in [0.5, 0.6) is 0 Å². The minimum atomic E-state index is 0.158. The van der Waals surface area contributed by atoms with E-state index in [9.17, 15) is 0 Å². The molecule has 2 aromatic heterocycles. The average Bonchev–Trinajstić information content (AvgIpc) is 2.43. The summed E-state index contributed by atoms with van der Waals surface area (Å²) in [4.78, 5) is 4.33. The number of aryl methyl sites for hydroxylation is 1. The van der Waals surface area contributed by atoms with Gasteiger partial charge in [0.25, 0.3) is 0 Å². The Labute approximate surface area is 93.9 Å². The van der Waals surface area contributed by atoms with Crippen molar-refractivity contribution in [2.45, 2.75) is 26.3 Å². The van der Waals surface area contributed by atoms with Crippen molar-refractivity contribution in [2.24, 2.45) is 5.73 Å². The Bertz CT molecular complexity index is 488. The SMILES string of the molecule is Cc1nc2ccc(CC(C)N)cn2c1Cl. The van der Waals surface area contributed by atoms with Crippen LogP contribution in [0, 0.1) is 6.92 Å². The minimum absolute atomic E-state index is 0.158. The highest BCUT2D eigenvalue weighted by molar-refractivity contribution is 6.30. The van der Waals surface area contributed by atoms with Crippen molar-refractivity contribution < 1.29 is 0 Å². The number of nitrogens with zero attached hydrogens (tertiary/aromatic N) is 2. The van der Waals surface area contributed by atoms with Crippen molar-refractivity contribution in [1.29, 1.82) is 0 Å². The molecular formula is C11H14ClN3. The van der Waals surface area contributed by atoms with Gasteiger partial charge in [-0.05, 0) is 31.9 Å². The molecular weight excluding hydrogens is 210 g/mol. The molecule has 2 heterocycles. The first-order valence-electron chi connectivity index (χ1n) is 4.96. The van der Waals surface area contributed by atoms with Gasteiger partial charge in [0.1, 0.15) is 10.8 Å². The van der Waals surface area contributed by atoms with Crippen molar-refractivity contribution >= 4 is 17.2 Å². The van der Waals surface area contributed by atoms with Crippen LogP contribution >= 0.6 is 11.6 Å². The molecule has 0 spiro atoms. The number of rotatable bonds is 2. The maximum absolute atomic E-state index is 6.12. The molecule has 0 aliphatic heterocycles. The fourth-order valence-corrected chi connectivity index (χ4v) is 1.85. The topological polar surface area (TPSA) is 43.3 Å². The van der Waals surface area contributed by atoms with Gasteiger partial charge in [-0.2, -0.15) is 0 Å². The fraction of sp³-hybridized carbons (Fsp3) is 0.364. The zero-order valence-electron chi connectivity index (χ0n) is 8.87. The summed E-state index contributed by atoms with van der Waals surface area (Å²) in [5.41, 5.74) is 8.67. The lowest BCUT2D eigenvalue weighted by Crippen LogP contribution is -2.17. The number of pyridine rings is 1.